The summed E-state index contributed by atoms with van der Waals surface area (Å²) >= 11 is 0. The van der Waals surface area contributed by atoms with Gasteiger partial charge in [-0.3, -0.25) is 4.79 Å². The molecular weight excluding hydrogens is 672 g/mol. The normalized spacial score (nSPS) is 37.8. The van der Waals surface area contributed by atoms with Gasteiger partial charge in [0.15, 0.2) is 18.2 Å². The molecular formula is C32H38O18. The number of aliphatic hydroxyl groups is 8. The summed E-state index contributed by atoms with van der Waals surface area (Å²) in [4.78, 5) is 14.1. The van der Waals surface area contributed by atoms with Gasteiger partial charge in [0.25, 0.3) is 0 Å². The van der Waals surface area contributed by atoms with E-state index in [1.54, 1.807) is 0 Å². The van der Waals surface area contributed by atoms with Gasteiger partial charge in [0.05, 0.1) is 18.8 Å². The fourth-order valence-corrected chi connectivity index (χ4v) is 5.89. The lowest BCUT2D eigenvalue weighted by Gasteiger charge is -2.44. The number of hydrogen-bond donors (Lipinski definition) is 10. The molecule has 14 atom stereocenters. The Labute approximate surface area is 282 Å². The molecule has 3 fully saturated rings. The number of phenols is 2. The fourth-order valence-electron chi connectivity index (χ4n) is 5.89. The highest BCUT2D eigenvalue weighted by Gasteiger charge is 2.49. The average Bonchev–Trinajstić information content (AvgIpc) is 3.08. The second-order valence-corrected chi connectivity index (χ2v) is 12.4. The summed E-state index contributed by atoms with van der Waals surface area (Å²) in [6, 6.07) is 7.53. The van der Waals surface area contributed by atoms with Crippen molar-refractivity contribution in [2.24, 2.45) is 0 Å². The predicted molar refractivity (Wildman–Crippen MR) is 164 cm³/mol. The molecule has 1 aromatic heterocycles. The van der Waals surface area contributed by atoms with Crippen LogP contribution in [-0.2, 0) is 18.9 Å². The first-order valence-electron chi connectivity index (χ1n) is 15.6. The molecule has 18 heteroatoms. The van der Waals surface area contributed by atoms with E-state index in [2.05, 4.69) is 0 Å². The van der Waals surface area contributed by atoms with E-state index in [-0.39, 0.29) is 28.4 Å². The van der Waals surface area contributed by atoms with E-state index in [0.717, 1.165) is 6.07 Å². The zero-order valence-corrected chi connectivity index (χ0v) is 26.5. The molecule has 0 spiro atoms. The van der Waals surface area contributed by atoms with Crippen molar-refractivity contribution in [2.45, 2.75) is 99.9 Å². The number of aliphatic hydroxyl groups excluding tert-OH is 8. The van der Waals surface area contributed by atoms with Crippen LogP contribution in [0.25, 0.3) is 22.3 Å². The van der Waals surface area contributed by atoms with Crippen molar-refractivity contribution in [2.75, 3.05) is 6.61 Å². The Balaban J connectivity index is 1.40. The molecule has 2 aromatic carbocycles. The lowest BCUT2D eigenvalue weighted by Crippen LogP contribution is -2.62. The molecule has 4 heterocycles. The van der Waals surface area contributed by atoms with E-state index >= 15 is 0 Å². The van der Waals surface area contributed by atoms with E-state index in [1.807, 2.05) is 0 Å². The summed E-state index contributed by atoms with van der Waals surface area (Å²) in [5.74, 6) is -1.84. The van der Waals surface area contributed by atoms with E-state index in [4.69, 9.17) is 32.8 Å². The van der Waals surface area contributed by atoms with Gasteiger partial charge in [-0.05, 0) is 38.1 Å². The number of benzene rings is 2. The van der Waals surface area contributed by atoms with Crippen molar-refractivity contribution in [3.05, 3.63) is 46.6 Å². The minimum atomic E-state index is -1.80. The summed E-state index contributed by atoms with van der Waals surface area (Å²) in [7, 11) is 0. The van der Waals surface area contributed by atoms with Crippen molar-refractivity contribution in [1.82, 2.24) is 0 Å². The van der Waals surface area contributed by atoms with Crippen LogP contribution in [0.1, 0.15) is 13.8 Å². The molecule has 3 aromatic rings. The number of ether oxygens (including phenoxy) is 6. The number of fused-ring (bicyclic) bond motifs is 1. The quantitative estimate of drug-likeness (QED) is 0.124. The van der Waals surface area contributed by atoms with Crippen molar-refractivity contribution in [3.8, 4) is 34.3 Å². The highest BCUT2D eigenvalue weighted by molar-refractivity contribution is 5.88. The zero-order chi connectivity index (χ0) is 36.2. The Bertz CT molecular complexity index is 1710. The smallest absolute Gasteiger partial charge is 0.239 e. The highest BCUT2D eigenvalue weighted by Crippen LogP contribution is 2.39. The van der Waals surface area contributed by atoms with Gasteiger partial charge in [-0.2, -0.15) is 0 Å². The first kappa shape index (κ1) is 36.2. The SMILES string of the molecule is CC1OC(Oc2cc(O)c3c(=O)c(OC4OC(C)C(O)C(O)C4OC4OCC(O)C(O)C4O)c(-c4ccc(O)cc4)oc3c2)C(O)C(O)C1O. The predicted octanol–water partition coefficient (Wildman–Crippen LogP) is -2.25. The third kappa shape index (κ3) is 6.73. The Morgan fingerprint density at radius 1 is 0.700 bits per heavy atom. The lowest BCUT2D eigenvalue weighted by atomic mass is 9.99. The lowest BCUT2D eigenvalue weighted by molar-refractivity contribution is -0.341. The van der Waals surface area contributed by atoms with Gasteiger partial charge < -0.3 is 83.9 Å². The third-order valence-corrected chi connectivity index (χ3v) is 8.86. The molecule has 6 rings (SSSR count). The van der Waals surface area contributed by atoms with Crippen LogP contribution in [0.2, 0.25) is 0 Å². The van der Waals surface area contributed by atoms with Crippen LogP contribution >= 0.6 is 0 Å². The maximum atomic E-state index is 14.1. The van der Waals surface area contributed by atoms with Crippen LogP contribution in [0, 0.1) is 0 Å². The van der Waals surface area contributed by atoms with Gasteiger partial charge in [-0.15, -0.1) is 0 Å². The molecule has 3 saturated heterocycles. The van der Waals surface area contributed by atoms with E-state index in [1.165, 1.54) is 44.2 Å². The van der Waals surface area contributed by atoms with Crippen LogP contribution in [0.3, 0.4) is 0 Å². The second kappa shape index (κ2) is 14.2. The summed E-state index contributed by atoms with van der Waals surface area (Å²) in [5, 5.41) is 103. The van der Waals surface area contributed by atoms with Crippen LogP contribution in [0.4, 0.5) is 0 Å². The van der Waals surface area contributed by atoms with Crippen molar-refractivity contribution < 1.29 is 83.9 Å². The number of aromatic hydroxyl groups is 2. The number of phenolic OH excluding ortho intramolecular Hbond substituents is 2. The van der Waals surface area contributed by atoms with Gasteiger partial charge in [-0.1, -0.05) is 0 Å². The van der Waals surface area contributed by atoms with E-state index in [9.17, 15) is 55.9 Å². The summed E-state index contributed by atoms with van der Waals surface area (Å²) in [6.07, 6.45) is -21.5. The topological polar surface area (TPSA) is 288 Å². The van der Waals surface area contributed by atoms with Crippen molar-refractivity contribution >= 4 is 11.0 Å². The Morgan fingerprint density at radius 2 is 1.32 bits per heavy atom. The average molecular weight is 711 g/mol. The molecule has 10 N–H and O–H groups in total. The standard InChI is InChI=1S/C32H38O18/c1-10-19(36)23(40)26(43)31(45-10)47-14-7-15(34)18-17(8-14)48-27(12-3-5-13(33)6-4-12)28(22(18)39)49-32-29(24(41)20(37)11(2)46-32)50-30-25(42)21(38)16(35)9-44-30/h3-8,10-11,16,19-21,23-26,29-38,40-43H,9H2,1-2H3. The maximum absolute atomic E-state index is 14.1. The molecule has 50 heavy (non-hydrogen) atoms. The number of hydrogen-bond acceptors (Lipinski definition) is 18. The van der Waals surface area contributed by atoms with Gasteiger partial charge >= 0.3 is 0 Å². The van der Waals surface area contributed by atoms with Crippen LogP contribution in [-0.4, -0.2) is 144 Å². The molecule has 0 saturated carbocycles. The minimum absolute atomic E-state index is 0.131. The van der Waals surface area contributed by atoms with Crippen LogP contribution < -0.4 is 14.9 Å². The summed E-state index contributed by atoms with van der Waals surface area (Å²) < 4.78 is 40.0. The van der Waals surface area contributed by atoms with Crippen LogP contribution in [0.15, 0.2) is 45.6 Å². The van der Waals surface area contributed by atoms with Gasteiger partial charge in [0.2, 0.25) is 23.8 Å². The molecule has 14 unspecified atom stereocenters. The zero-order valence-electron chi connectivity index (χ0n) is 26.5. The van der Waals surface area contributed by atoms with E-state index < -0.39 is 115 Å². The first-order valence-corrected chi connectivity index (χ1v) is 15.6. The largest absolute Gasteiger partial charge is 0.508 e. The van der Waals surface area contributed by atoms with Gasteiger partial charge in [0, 0.05) is 17.7 Å². The van der Waals surface area contributed by atoms with Crippen LogP contribution in [0.5, 0.6) is 23.0 Å². The second-order valence-electron chi connectivity index (χ2n) is 12.4. The molecule has 18 nitrogen and oxygen atoms in total. The Hall–Kier alpha value is -3.63. The molecule has 3 aliphatic rings. The van der Waals surface area contributed by atoms with Crippen molar-refractivity contribution in [1.29, 1.82) is 0 Å². The van der Waals surface area contributed by atoms with E-state index in [0.29, 0.717) is 0 Å². The van der Waals surface area contributed by atoms with Gasteiger partial charge in [0.1, 0.15) is 77.0 Å². The minimum Gasteiger partial charge on any atom is -0.508 e. The molecule has 0 amide bonds. The Kier molecular flexibility index (Phi) is 10.3. The molecule has 0 aliphatic carbocycles. The highest BCUT2D eigenvalue weighted by atomic mass is 16.8. The van der Waals surface area contributed by atoms with Crippen molar-refractivity contribution in [3.63, 3.8) is 0 Å². The number of rotatable bonds is 7. The summed E-state index contributed by atoms with van der Waals surface area (Å²) in [6.45, 7) is 2.40. The Morgan fingerprint density at radius 3 is 2.00 bits per heavy atom. The van der Waals surface area contributed by atoms with Gasteiger partial charge in [-0.25, -0.2) is 0 Å². The maximum Gasteiger partial charge on any atom is 0.239 e. The summed E-state index contributed by atoms with van der Waals surface area (Å²) in [5.41, 5.74) is -1.06. The third-order valence-electron chi connectivity index (χ3n) is 8.86. The molecule has 0 bridgehead atoms. The fraction of sp³-hybridized carbons (Fsp3) is 0.531. The molecule has 0 radical (unpaired) electrons. The molecule has 3 aliphatic heterocycles. The monoisotopic (exact) mass is 710 g/mol. The first-order chi connectivity index (χ1) is 23.7. The molecule has 274 valence electrons.